The highest BCUT2D eigenvalue weighted by Gasteiger charge is 2.26. The van der Waals surface area contributed by atoms with Crippen LogP contribution in [0.4, 0.5) is 5.69 Å². The molecule has 1 aliphatic rings. The Balaban J connectivity index is 1.66. The van der Waals surface area contributed by atoms with Crippen LogP contribution in [0.1, 0.15) is 16.3 Å². The van der Waals surface area contributed by atoms with Crippen LogP contribution in [0.15, 0.2) is 29.6 Å². The van der Waals surface area contributed by atoms with Crippen molar-refractivity contribution in [3.05, 3.63) is 45.9 Å². The molecule has 1 atom stereocenters. The number of anilines is 1. The highest BCUT2D eigenvalue weighted by molar-refractivity contribution is 7.09. The van der Waals surface area contributed by atoms with Crippen LogP contribution in [0.2, 0.25) is 0 Å². The third kappa shape index (κ3) is 3.08. The molecule has 0 saturated carbocycles. The minimum Gasteiger partial charge on any atom is -0.384 e. The molecule has 1 aromatic heterocycles. The number of para-hydroxylation sites is 1. The number of rotatable bonds is 3. The molecule has 0 fully saturated rings. The van der Waals surface area contributed by atoms with Gasteiger partial charge in [-0.25, -0.2) is 4.98 Å². The smallest absolute Gasteiger partial charge is 0.227 e. The maximum absolute atomic E-state index is 12.6. The van der Waals surface area contributed by atoms with E-state index in [1.54, 1.807) is 16.2 Å². The lowest BCUT2D eigenvalue weighted by Gasteiger charge is -2.28. The predicted molar refractivity (Wildman–Crippen MR) is 85.5 cm³/mol. The highest BCUT2D eigenvalue weighted by atomic mass is 32.1. The molecule has 0 radical (unpaired) electrons. The van der Waals surface area contributed by atoms with Crippen LogP contribution in [0.25, 0.3) is 0 Å². The van der Waals surface area contributed by atoms with E-state index < -0.39 is 0 Å². The van der Waals surface area contributed by atoms with Crippen molar-refractivity contribution in [3.8, 4) is 0 Å². The van der Waals surface area contributed by atoms with Gasteiger partial charge in [0.15, 0.2) is 0 Å². The van der Waals surface area contributed by atoms with E-state index in [9.17, 15) is 4.79 Å². The molecule has 1 aromatic carbocycles. The highest BCUT2D eigenvalue weighted by Crippen LogP contribution is 2.25. The summed E-state index contributed by atoms with van der Waals surface area (Å²) in [6, 6.07) is 8.20. The van der Waals surface area contributed by atoms with Gasteiger partial charge in [-0.3, -0.25) is 4.79 Å². The Kier molecular flexibility index (Phi) is 3.92. The molecule has 3 rings (SSSR count). The normalized spacial score (nSPS) is 17.0. The molecule has 4 nitrogen and oxygen atoms in total. The van der Waals surface area contributed by atoms with Crippen LogP contribution in [0.3, 0.4) is 0 Å². The van der Waals surface area contributed by atoms with E-state index in [2.05, 4.69) is 22.4 Å². The first-order valence-corrected chi connectivity index (χ1v) is 7.99. The molecule has 1 aliphatic heterocycles. The van der Waals surface area contributed by atoms with E-state index in [1.807, 2.05) is 31.5 Å². The van der Waals surface area contributed by atoms with Crippen LogP contribution >= 0.6 is 11.3 Å². The molecule has 1 unspecified atom stereocenters. The van der Waals surface area contributed by atoms with Gasteiger partial charge in [0.2, 0.25) is 5.91 Å². The number of nitrogens with one attached hydrogen (secondary N) is 1. The number of amides is 1. The van der Waals surface area contributed by atoms with Crippen molar-refractivity contribution >= 4 is 22.9 Å². The summed E-state index contributed by atoms with van der Waals surface area (Å²) in [5, 5.41) is 6.42. The monoisotopic (exact) mass is 301 g/mol. The average Bonchev–Trinajstić information content (AvgIpc) is 2.91. The predicted octanol–water partition coefficient (Wildman–Crippen LogP) is 2.69. The van der Waals surface area contributed by atoms with E-state index in [0.29, 0.717) is 13.1 Å². The van der Waals surface area contributed by atoms with Crippen LogP contribution in [0.5, 0.6) is 0 Å². The SMILES string of the molecule is Cc1nc(CN(C)C(=O)C2CNc3ccccc3C2)cs1. The van der Waals surface area contributed by atoms with Gasteiger partial charge >= 0.3 is 0 Å². The number of aryl methyl sites for hydroxylation is 1. The van der Waals surface area contributed by atoms with Gasteiger partial charge in [-0.15, -0.1) is 11.3 Å². The zero-order valence-corrected chi connectivity index (χ0v) is 13.1. The lowest BCUT2D eigenvalue weighted by atomic mass is 9.93. The third-order valence-electron chi connectivity index (χ3n) is 3.81. The zero-order chi connectivity index (χ0) is 14.8. The van der Waals surface area contributed by atoms with Gasteiger partial charge in [0.25, 0.3) is 0 Å². The molecule has 110 valence electrons. The second-order valence-electron chi connectivity index (χ2n) is 5.49. The Labute approximate surface area is 128 Å². The minimum atomic E-state index is 0.00429. The Morgan fingerprint density at radius 1 is 1.48 bits per heavy atom. The molecule has 2 aromatic rings. The topological polar surface area (TPSA) is 45.2 Å². The molecule has 0 bridgehead atoms. The van der Waals surface area contributed by atoms with Crippen molar-refractivity contribution in [2.75, 3.05) is 18.9 Å². The molecular formula is C16H19N3OS. The van der Waals surface area contributed by atoms with E-state index in [-0.39, 0.29) is 11.8 Å². The molecule has 1 amide bonds. The van der Waals surface area contributed by atoms with Crippen LogP contribution in [0, 0.1) is 12.8 Å². The van der Waals surface area contributed by atoms with Gasteiger partial charge in [-0.05, 0) is 25.0 Å². The van der Waals surface area contributed by atoms with Gasteiger partial charge in [0, 0.05) is 24.7 Å². The quantitative estimate of drug-likeness (QED) is 0.948. The van der Waals surface area contributed by atoms with Crippen molar-refractivity contribution in [2.45, 2.75) is 19.9 Å². The summed E-state index contributed by atoms with van der Waals surface area (Å²) in [7, 11) is 1.86. The van der Waals surface area contributed by atoms with Crippen LogP contribution in [-0.2, 0) is 17.8 Å². The Hall–Kier alpha value is -1.88. The van der Waals surface area contributed by atoms with Crippen molar-refractivity contribution in [1.82, 2.24) is 9.88 Å². The van der Waals surface area contributed by atoms with Crippen LogP contribution in [-0.4, -0.2) is 29.4 Å². The summed E-state index contributed by atoms with van der Waals surface area (Å²) in [5.74, 6) is 0.187. The first kappa shape index (κ1) is 14.1. The lowest BCUT2D eigenvalue weighted by molar-refractivity contribution is -0.134. The molecule has 0 saturated heterocycles. The fourth-order valence-corrected chi connectivity index (χ4v) is 3.33. The van der Waals surface area contributed by atoms with E-state index in [0.717, 1.165) is 22.8 Å². The molecule has 2 heterocycles. The summed E-state index contributed by atoms with van der Waals surface area (Å²) in [6.07, 6.45) is 0.808. The summed E-state index contributed by atoms with van der Waals surface area (Å²) >= 11 is 1.62. The fraction of sp³-hybridized carbons (Fsp3) is 0.375. The number of nitrogens with zero attached hydrogens (tertiary/aromatic N) is 2. The summed E-state index contributed by atoms with van der Waals surface area (Å²) in [5.41, 5.74) is 3.34. The lowest BCUT2D eigenvalue weighted by Crippen LogP contribution is -2.39. The number of benzene rings is 1. The summed E-state index contributed by atoms with van der Waals surface area (Å²) < 4.78 is 0. The standard InChI is InChI=1S/C16H19N3OS/c1-11-18-14(10-21-11)9-19(2)16(20)13-7-12-5-3-4-6-15(12)17-8-13/h3-6,10,13,17H,7-9H2,1-2H3. The number of aromatic nitrogens is 1. The molecule has 5 heteroatoms. The van der Waals surface area contributed by atoms with E-state index in [4.69, 9.17) is 0 Å². The third-order valence-corrected chi connectivity index (χ3v) is 4.64. The first-order valence-electron chi connectivity index (χ1n) is 7.11. The number of hydrogen-bond donors (Lipinski definition) is 1. The van der Waals surface area contributed by atoms with Gasteiger partial charge in [-0.2, -0.15) is 0 Å². The van der Waals surface area contributed by atoms with Crippen molar-refractivity contribution < 1.29 is 4.79 Å². The summed E-state index contributed by atoms with van der Waals surface area (Å²) in [6.45, 7) is 3.27. The average molecular weight is 301 g/mol. The van der Waals surface area contributed by atoms with Crippen molar-refractivity contribution in [2.24, 2.45) is 5.92 Å². The Bertz CT molecular complexity index is 652. The van der Waals surface area contributed by atoms with Gasteiger partial charge in [0.05, 0.1) is 23.2 Å². The molecule has 0 aliphatic carbocycles. The molecule has 1 N–H and O–H groups in total. The minimum absolute atomic E-state index is 0.00429. The van der Waals surface area contributed by atoms with Crippen molar-refractivity contribution in [3.63, 3.8) is 0 Å². The van der Waals surface area contributed by atoms with Crippen LogP contribution < -0.4 is 5.32 Å². The molecule has 0 spiro atoms. The zero-order valence-electron chi connectivity index (χ0n) is 12.3. The second kappa shape index (κ2) is 5.85. The Morgan fingerprint density at radius 3 is 3.05 bits per heavy atom. The second-order valence-corrected chi connectivity index (χ2v) is 6.55. The van der Waals surface area contributed by atoms with Gasteiger partial charge in [0.1, 0.15) is 0 Å². The molecule has 21 heavy (non-hydrogen) atoms. The Morgan fingerprint density at radius 2 is 2.29 bits per heavy atom. The number of fused-ring (bicyclic) bond motifs is 1. The largest absolute Gasteiger partial charge is 0.384 e. The maximum Gasteiger partial charge on any atom is 0.227 e. The van der Waals surface area contributed by atoms with E-state index in [1.165, 1.54) is 5.56 Å². The van der Waals surface area contributed by atoms with Gasteiger partial charge < -0.3 is 10.2 Å². The van der Waals surface area contributed by atoms with Crippen molar-refractivity contribution in [1.29, 1.82) is 0 Å². The number of carbonyl (C=O) groups is 1. The van der Waals surface area contributed by atoms with Gasteiger partial charge in [-0.1, -0.05) is 18.2 Å². The number of hydrogen-bond acceptors (Lipinski definition) is 4. The maximum atomic E-state index is 12.6. The summed E-state index contributed by atoms with van der Waals surface area (Å²) in [4.78, 5) is 18.8. The molecular weight excluding hydrogens is 282 g/mol. The number of thiazole rings is 1. The first-order chi connectivity index (χ1) is 10.1. The van der Waals surface area contributed by atoms with E-state index >= 15 is 0 Å². The number of carbonyl (C=O) groups excluding carboxylic acids is 1. The fourth-order valence-electron chi connectivity index (χ4n) is 2.73.